The molecule has 0 unspecified atom stereocenters. The summed E-state index contributed by atoms with van der Waals surface area (Å²) in [5.74, 6) is 0.354. The van der Waals surface area contributed by atoms with Gasteiger partial charge in [0.1, 0.15) is 11.6 Å². The first-order chi connectivity index (χ1) is 15.7. The molecule has 0 saturated carbocycles. The molecule has 0 radical (unpaired) electrons. The van der Waals surface area contributed by atoms with Crippen LogP contribution in [0, 0.1) is 0 Å². The molecule has 4 aromatic rings. The fourth-order valence-electron chi connectivity index (χ4n) is 3.14. The number of carbonyl (C=O) groups excluding carboxylic acids is 1. The standard InChI is InChI=1S/C22H16BrF3N6O/c23-17-9-14-8-13(2-5-18(14)31-20(17)27)21(33)32(12-19-28-6-1-7-29-19)11-16-4-3-15(10-30-16)22(24,25)26/h1-10H,11-12H2,(H2,27,31). The number of rotatable bonds is 5. The number of pyridine rings is 2. The van der Waals surface area contributed by atoms with Crippen molar-refractivity contribution in [1.29, 1.82) is 0 Å². The Kier molecular flexibility index (Phi) is 6.23. The zero-order valence-electron chi connectivity index (χ0n) is 16.9. The van der Waals surface area contributed by atoms with E-state index in [0.29, 0.717) is 38.3 Å². The van der Waals surface area contributed by atoms with Crippen LogP contribution in [-0.4, -0.2) is 30.7 Å². The van der Waals surface area contributed by atoms with Crippen LogP contribution >= 0.6 is 15.9 Å². The molecular formula is C22H16BrF3N6O. The largest absolute Gasteiger partial charge is 0.417 e. The second kappa shape index (κ2) is 9.10. The van der Waals surface area contributed by atoms with Gasteiger partial charge in [-0.3, -0.25) is 9.78 Å². The lowest BCUT2D eigenvalue weighted by Crippen LogP contribution is -2.31. The lowest BCUT2D eigenvalue weighted by molar-refractivity contribution is -0.137. The van der Waals surface area contributed by atoms with Crippen LogP contribution in [0.4, 0.5) is 19.0 Å². The number of nitrogens with two attached hydrogens (primary N) is 1. The summed E-state index contributed by atoms with van der Waals surface area (Å²) >= 11 is 3.33. The van der Waals surface area contributed by atoms with Crippen LogP contribution in [-0.2, 0) is 19.3 Å². The van der Waals surface area contributed by atoms with Gasteiger partial charge in [0.2, 0.25) is 0 Å². The number of hydrogen-bond donors (Lipinski definition) is 1. The minimum Gasteiger partial charge on any atom is -0.383 e. The molecule has 7 nitrogen and oxygen atoms in total. The highest BCUT2D eigenvalue weighted by molar-refractivity contribution is 9.10. The predicted octanol–water partition coefficient (Wildman–Crippen LogP) is 4.63. The minimum absolute atomic E-state index is 0.0308. The normalized spacial score (nSPS) is 11.5. The van der Waals surface area contributed by atoms with Crippen molar-refractivity contribution in [1.82, 2.24) is 24.8 Å². The van der Waals surface area contributed by atoms with E-state index in [1.54, 1.807) is 42.7 Å². The van der Waals surface area contributed by atoms with Crippen LogP contribution in [0.15, 0.2) is 65.5 Å². The van der Waals surface area contributed by atoms with E-state index >= 15 is 0 Å². The van der Waals surface area contributed by atoms with Crippen molar-refractivity contribution in [3.8, 4) is 0 Å². The van der Waals surface area contributed by atoms with Crippen molar-refractivity contribution >= 4 is 38.6 Å². The smallest absolute Gasteiger partial charge is 0.383 e. The van der Waals surface area contributed by atoms with Gasteiger partial charge < -0.3 is 10.6 Å². The third kappa shape index (κ3) is 5.25. The number of nitrogen functional groups attached to an aromatic ring is 1. The summed E-state index contributed by atoms with van der Waals surface area (Å²) in [4.78, 5) is 31.3. The molecule has 3 aromatic heterocycles. The summed E-state index contributed by atoms with van der Waals surface area (Å²) in [6.45, 7) is 0.0149. The van der Waals surface area contributed by atoms with Gasteiger partial charge in [-0.05, 0) is 58.4 Å². The summed E-state index contributed by atoms with van der Waals surface area (Å²) in [7, 11) is 0. The van der Waals surface area contributed by atoms with Gasteiger partial charge in [-0.2, -0.15) is 13.2 Å². The molecule has 33 heavy (non-hydrogen) atoms. The number of nitrogens with zero attached hydrogens (tertiary/aromatic N) is 5. The van der Waals surface area contributed by atoms with E-state index in [0.717, 1.165) is 12.3 Å². The molecule has 4 rings (SSSR count). The maximum Gasteiger partial charge on any atom is 0.417 e. The molecule has 0 aliphatic heterocycles. The Morgan fingerprint density at radius 2 is 1.79 bits per heavy atom. The molecule has 2 N–H and O–H groups in total. The molecule has 0 aliphatic rings. The number of amides is 1. The molecule has 0 fully saturated rings. The summed E-state index contributed by atoms with van der Waals surface area (Å²) in [6, 6.07) is 10.6. The first kappa shape index (κ1) is 22.6. The van der Waals surface area contributed by atoms with E-state index < -0.39 is 11.7 Å². The number of anilines is 1. The molecule has 0 bridgehead atoms. The quantitative estimate of drug-likeness (QED) is 0.415. The molecule has 1 aromatic carbocycles. The number of alkyl halides is 3. The topological polar surface area (TPSA) is 97.9 Å². The number of benzene rings is 1. The van der Waals surface area contributed by atoms with Gasteiger partial charge in [-0.15, -0.1) is 0 Å². The first-order valence-electron chi connectivity index (χ1n) is 9.64. The SMILES string of the molecule is Nc1nc2ccc(C(=O)N(Cc3ccc(C(F)(F)F)cn3)Cc3ncccn3)cc2cc1Br. The minimum atomic E-state index is -4.49. The molecule has 168 valence electrons. The summed E-state index contributed by atoms with van der Waals surface area (Å²) in [5, 5.41) is 0.700. The van der Waals surface area contributed by atoms with Gasteiger partial charge in [0.25, 0.3) is 5.91 Å². The highest BCUT2D eigenvalue weighted by atomic mass is 79.9. The zero-order valence-corrected chi connectivity index (χ0v) is 18.5. The molecular weight excluding hydrogens is 501 g/mol. The van der Waals surface area contributed by atoms with Gasteiger partial charge in [0, 0.05) is 29.5 Å². The monoisotopic (exact) mass is 516 g/mol. The Morgan fingerprint density at radius 3 is 2.45 bits per heavy atom. The molecule has 0 spiro atoms. The van der Waals surface area contributed by atoms with Gasteiger partial charge in [-0.1, -0.05) is 0 Å². The van der Waals surface area contributed by atoms with Crippen LogP contribution in [0.2, 0.25) is 0 Å². The van der Waals surface area contributed by atoms with Crippen molar-refractivity contribution in [3.63, 3.8) is 0 Å². The van der Waals surface area contributed by atoms with E-state index in [2.05, 4.69) is 35.9 Å². The number of carbonyl (C=O) groups is 1. The number of halogens is 4. The highest BCUT2D eigenvalue weighted by Crippen LogP contribution is 2.29. The van der Waals surface area contributed by atoms with Gasteiger partial charge in [-0.25, -0.2) is 15.0 Å². The van der Waals surface area contributed by atoms with Crippen molar-refractivity contribution < 1.29 is 18.0 Å². The molecule has 3 heterocycles. The number of fused-ring (bicyclic) bond motifs is 1. The third-order valence-corrected chi connectivity index (χ3v) is 5.42. The van der Waals surface area contributed by atoms with Crippen LogP contribution < -0.4 is 5.73 Å². The Balaban J connectivity index is 1.66. The maximum absolute atomic E-state index is 13.4. The first-order valence-corrected chi connectivity index (χ1v) is 10.4. The fraction of sp³-hybridized carbons (Fsp3) is 0.136. The van der Waals surface area contributed by atoms with E-state index in [1.807, 2.05) is 0 Å². The van der Waals surface area contributed by atoms with Crippen molar-refractivity contribution in [3.05, 3.63) is 88.2 Å². The molecule has 0 aliphatic carbocycles. The number of aromatic nitrogens is 4. The maximum atomic E-state index is 13.4. The van der Waals surface area contributed by atoms with E-state index in [9.17, 15) is 18.0 Å². The Labute approximate surface area is 194 Å². The van der Waals surface area contributed by atoms with Gasteiger partial charge >= 0.3 is 6.18 Å². The van der Waals surface area contributed by atoms with E-state index in [-0.39, 0.29) is 19.0 Å². The second-order valence-corrected chi connectivity index (χ2v) is 7.98. The van der Waals surface area contributed by atoms with Crippen LogP contribution in [0.25, 0.3) is 10.9 Å². The fourth-order valence-corrected chi connectivity index (χ4v) is 3.48. The molecule has 0 saturated heterocycles. The second-order valence-electron chi connectivity index (χ2n) is 7.13. The van der Waals surface area contributed by atoms with Crippen molar-refractivity contribution in [2.24, 2.45) is 0 Å². The van der Waals surface area contributed by atoms with Crippen LogP contribution in [0.3, 0.4) is 0 Å². The van der Waals surface area contributed by atoms with Gasteiger partial charge in [0.15, 0.2) is 0 Å². The lowest BCUT2D eigenvalue weighted by atomic mass is 10.1. The third-order valence-electron chi connectivity index (χ3n) is 4.79. The van der Waals surface area contributed by atoms with Gasteiger partial charge in [0.05, 0.1) is 34.3 Å². The predicted molar refractivity (Wildman–Crippen MR) is 119 cm³/mol. The molecule has 1 amide bonds. The van der Waals surface area contributed by atoms with E-state index in [1.165, 1.54) is 11.0 Å². The molecule has 0 atom stereocenters. The molecule has 11 heteroatoms. The summed E-state index contributed by atoms with van der Waals surface area (Å²) in [5.41, 5.74) is 6.24. The average molecular weight is 517 g/mol. The Hall–Kier alpha value is -3.60. The number of hydrogen-bond acceptors (Lipinski definition) is 6. The van der Waals surface area contributed by atoms with Crippen LogP contribution in [0.1, 0.15) is 27.4 Å². The highest BCUT2D eigenvalue weighted by Gasteiger charge is 2.30. The Morgan fingerprint density at radius 1 is 1.03 bits per heavy atom. The average Bonchev–Trinajstić information content (AvgIpc) is 2.79. The summed E-state index contributed by atoms with van der Waals surface area (Å²) < 4.78 is 39.2. The Bertz CT molecular complexity index is 1300. The summed E-state index contributed by atoms with van der Waals surface area (Å²) in [6.07, 6.45) is -0.647. The lowest BCUT2D eigenvalue weighted by Gasteiger charge is -2.22. The zero-order chi connectivity index (χ0) is 23.6. The van der Waals surface area contributed by atoms with Crippen molar-refractivity contribution in [2.75, 3.05) is 5.73 Å². The van der Waals surface area contributed by atoms with Crippen molar-refractivity contribution in [2.45, 2.75) is 19.3 Å². The van der Waals surface area contributed by atoms with E-state index in [4.69, 9.17) is 5.73 Å². The van der Waals surface area contributed by atoms with Crippen LogP contribution in [0.5, 0.6) is 0 Å².